The van der Waals surface area contributed by atoms with Crippen LogP contribution < -0.4 is 0 Å². The number of likely N-dealkylation sites (tertiary alicyclic amines) is 1. The summed E-state index contributed by atoms with van der Waals surface area (Å²) in [5.41, 5.74) is 1.38. The molecule has 0 N–H and O–H groups in total. The van der Waals surface area contributed by atoms with Crippen LogP contribution in [0, 0.1) is 0 Å². The predicted octanol–water partition coefficient (Wildman–Crippen LogP) is 2.05. The Balaban J connectivity index is 1.87. The van der Waals surface area contributed by atoms with Crippen LogP contribution in [0.25, 0.3) is 10.9 Å². The second kappa shape index (κ2) is 5.60. The fourth-order valence-corrected chi connectivity index (χ4v) is 2.78. The number of carbonyl (C=O) groups is 2. The number of carbonyl (C=O) groups excluding carboxylic acids is 2. The maximum atomic E-state index is 12.2. The van der Waals surface area contributed by atoms with E-state index in [0.717, 1.165) is 36.8 Å². The molecule has 2 heterocycles. The Labute approximate surface area is 123 Å². The van der Waals surface area contributed by atoms with Crippen molar-refractivity contribution in [3.63, 3.8) is 0 Å². The third-order valence-corrected chi connectivity index (χ3v) is 3.96. The molecular formula is C16H18N2O3. The van der Waals surface area contributed by atoms with E-state index < -0.39 is 0 Å². The highest BCUT2D eigenvalue weighted by Crippen LogP contribution is 2.19. The van der Waals surface area contributed by atoms with Gasteiger partial charge in [0.05, 0.1) is 12.7 Å². The van der Waals surface area contributed by atoms with E-state index >= 15 is 0 Å². The zero-order valence-electron chi connectivity index (χ0n) is 12.0. The molecule has 0 bridgehead atoms. The Morgan fingerprint density at radius 3 is 2.67 bits per heavy atom. The SMILES string of the molecule is COC(=O)c1ccc2ccn(CC(=O)N3CCCC3)c2c1. The number of methoxy groups -OCH3 is 1. The molecule has 1 aromatic carbocycles. The lowest BCUT2D eigenvalue weighted by atomic mass is 10.1. The van der Waals surface area contributed by atoms with E-state index in [1.807, 2.05) is 27.8 Å². The summed E-state index contributed by atoms with van der Waals surface area (Å²) in [6.07, 6.45) is 4.06. The third-order valence-electron chi connectivity index (χ3n) is 3.96. The molecule has 1 amide bonds. The maximum absolute atomic E-state index is 12.2. The smallest absolute Gasteiger partial charge is 0.337 e. The van der Waals surface area contributed by atoms with Gasteiger partial charge in [0.25, 0.3) is 0 Å². The van der Waals surface area contributed by atoms with Crippen LogP contribution in [-0.4, -0.2) is 41.5 Å². The molecule has 21 heavy (non-hydrogen) atoms. The molecule has 0 spiro atoms. The van der Waals surface area contributed by atoms with Crippen molar-refractivity contribution >= 4 is 22.8 Å². The van der Waals surface area contributed by atoms with Gasteiger partial charge in [-0.1, -0.05) is 6.07 Å². The van der Waals surface area contributed by atoms with Crippen LogP contribution in [-0.2, 0) is 16.1 Å². The number of amides is 1. The Morgan fingerprint density at radius 1 is 1.19 bits per heavy atom. The van der Waals surface area contributed by atoms with Gasteiger partial charge in [-0.15, -0.1) is 0 Å². The van der Waals surface area contributed by atoms with Gasteiger partial charge in [-0.2, -0.15) is 0 Å². The Kier molecular flexibility index (Phi) is 3.64. The zero-order chi connectivity index (χ0) is 14.8. The molecule has 1 fully saturated rings. The quantitative estimate of drug-likeness (QED) is 0.811. The van der Waals surface area contributed by atoms with Gasteiger partial charge in [-0.25, -0.2) is 4.79 Å². The number of hydrogen-bond donors (Lipinski definition) is 0. The molecule has 1 aliphatic heterocycles. The first-order valence-corrected chi connectivity index (χ1v) is 7.14. The Morgan fingerprint density at radius 2 is 1.95 bits per heavy atom. The van der Waals surface area contributed by atoms with E-state index in [2.05, 4.69) is 0 Å². The molecule has 0 radical (unpaired) electrons. The molecule has 1 aliphatic rings. The van der Waals surface area contributed by atoms with Crippen LogP contribution in [0.5, 0.6) is 0 Å². The van der Waals surface area contributed by atoms with Crippen molar-refractivity contribution in [3.05, 3.63) is 36.0 Å². The zero-order valence-corrected chi connectivity index (χ0v) is 12.0. The van der Waals surface area contributed by atoms with E-state index in [4.69, 9.17) is 4.74 Å². The van der Waals surface area contributed by atoms with Crippen molar-refractivity contribution in [2.45, 2.75) is 19.4 Å². The first kappa shape index (κ1) is 13.7. The first-order chi connectivity index (χ1) is 10.2. The largest absolute Gasteiger partial charge is 0.465 e. The van der Waals surface area contributed by atoms with Crippen LogP contribution in [0.3, 0.4) is 0 Å². The van der Waals surface area contributed by atoms with Crippen molar-refractivity contribution in [2.75, 3.05) is 20.2 Å². The van der Waals surface area contributed by atoms with Gasteiger partial charge in [0.2, 0.25) is 5.91 Å². The molecule has 1 saturated heterocycles. The predicted molar refractivity (Wildman–Crippen MR) is 79.1 cm³/mol. The molecule has 5 nitrogen and oxygen atoms in total. The lowest BCUT2D eigenvalue weighted by Crippen LogP contribution is -2.30. The fourth-order valence-electron chi connectivity index (χ4n) is 2.78. The lowest BCUT2D eigenvalue weighted by Gasteiger charge is -2.16. The summed E-state index contributed by atoms with van der Waals surface area (Å²) in [6.45, 7) is 2.02. The third kappa shape index (κ3) is 2.63. The minimum absolute atomic E-state index is 0.133. The van der Waals surface area contributed by atoms with Gasteiger partial charge >= 0.3 is 5.97 Å². The standard InChI is InChI=1S/C16H18N2O3/c1-21-16(20)13-5-4-12-6-9-18(14(12)10-13)11-15(19)17-7-2-3-8-17/h4-6,9-10H,2-3,7-8,11H2,1H3. The topological polar surface area (TPSA) is 51.5 Å². The van der Waals surface area contributed by atoms with E-state index in [9.17, 15) is 9.59 Å². The minimum Gasteiger partial charge on any atom is -0.465 e. The molecular weight excluding hydrogens is 268 g/mol. The Hall–Kier alpha value is -2.30. The van der Waals surface area contributed by atoms with E-state index in [1.165, 1.54) is 7.11 Å². The maximum Gasteiger partial charge on any atom is 0.337 e. The summed E-state index contributed by atoms with van der Waals surface area (Å²) >= 11 is 0. The summed E-state index contributed by atoms with van der Waals surface area (Å²) in [6, 6.07) is 7.34. The number of esters is 1. The van der Waals surface area contributed by atoms with Crippen molar-refractivity contribution in [2.24, 2.45) is 0 Å². The highest BCUT2D eigenvalue weighted by molar-refractivity contribution is 5.95. The van der Waals surface area contributed by atoms with E-state index in [1.54, 1.807) is 12.1 Å². The molecule has 3 rings (SSSR count). The van der Waals surface area contributed by atoms with Gasteiger partial charge < -0.3 is 14.2 Å². The number of rotatable bonds is 3. The molecule has 0 unspecified atom stereocenters. The fraction of sp³-hybridized carbons (Fsp3) is 0.375. The summed E-state index contributed by atoms with van der Waals surface area (Å²) in [5.74, 6) is -0.232. The van der Waals surface area contributed by atoms with Gasteiger partial charge in [0, 0.05) is 24.8 Å². The lowest BCUT2D eigenvalue weighted by molar-refractivity contribution is -0.130. The van der Waals surface area contributed by atoms with Crippen LogP contribution in [0.15, 0.2) is 30.5 Å². The normalized spacial score (nSPS) is 14.6. The van der Waals surface area contributed by atoms with Crippen molar-refractivity contribution in [1.82, 2.24) is 9.47 Å². The highest BCUT2D eigenvalue weighted by atomic mass is 16.5. The van der Waals surface area contributed by atoms with Crippen molar-refractivity contribution < 1.29 is 14.3 Å². The average molecular weight is 286 g/mol. The number of fused-ring (bicyclic) bond motifs is 1. The molecule has 0 saturated carbocycles. The van der Waals surface area contributed by atoms with Crippen LogP contribution in [0.1, 0.15) is 23.2 Å². The van der Waals surface area contributed by atoms with Crippen molar-refractivity contribution in [1.29, 1.82) is 0 Å². The van der Waals surface area contributed by atoms with Crippen molar-refractivity contribution in [3.8, 4) is 0 Å². The molecule has 5 heteroatoms. The number of aromatic nitrogens is 1. The average Bonchev–Trinajstić information content (AvgIpc) is 3.16. The summed E-state index contributed by atoms with van der Waals surface area (Å²) in [4.78, 5) is 25.8. The summed E-state index contributed by atoms with van der Waals surface area (Å²) in [7, 11) is 1.36. The molecule has 0 aliphatic carbocycles. The molecule has 2 aromatic rings. The van der Waals surface area contributed by atoms with Gasteiger partial charge in [-0.05, 0) is 36.4 Å². The van der Waals surface area contributed by atoms with Gasteiger partial charge in [-0.3, -0.25) is 4.79 Å². The number of ether oxygens (including phenoxy) is 1. The van der Waals surface area contributed by atoms with Gasteiger partial charge in [0.15, 0.2) is 0 Å². The first-order valence-electron chi connectivity index (χ1n) is 7.14. The molecule has 110 valence electrons. The summed E-state index contributed by atoms with van der Waals surface area (Å²) < 4.78 is 6.63. The second-order valence-electron chi connectivity index (χ2n) is 5.30. The molecule has 0 atom stereocenters. The van der Waals surface area contributed by atoms with Gasteiger partial charge in [0.1, 0.15) is 6.54 Å². The molecule has 1 aromatic heterocycles. The second-order valence-corrected chi connectivity index (χ2v) is 5.30. The number of benzene rings is 1. The van der Waals surface area contributed by atoms with Crippen LogP contribution in [0.4, 0.5) is 0 Å². The van der Waals surface area contributed by atoms with E-state index in [0.29, 0.717) is 12.1 Å². The highest BCUT2D eigenvalue weighted by Gasteiger charge is 2.18. The monoisotopic (exact) mass is 286 g/mol. The number of hydrogen-bond acceptors (Lipinski definition) is 3. The van der Waals surface area contributed by atoms with Crippen LogP contribution >= 0.6 is 0 Å². The van der Waals surface area contributed by atoms with E-state index in [-0.39, 0.29) is 11.9 Å². The Bertz CT molecular complexity index is 684. The number of nitrogens with zero attached hydrogens (tertiary/aromatic N) is 2. The summed E-state index contributed by atoms with van der Waals surface area (Å²) in [5, 5.41) is 1.01. The minimum atomic E-state index is -0.365. The van der Waals surface area contributed by atoms with Crippen LogP contribution in [0.2, 0.25) is 0 Å².